The first-order chi connectivity index (χ1) is 12.4. The third-order valence-electron chi connectivity index (χ3n) is 3.79. The van der Waals surface area contributed by atoms with Crippen LogP contribution in [-0.2, 0) is 24.3 Å². The monoisotopic (exact) mass is 378 g/mol. The van der Waals surface area contributed by atoms with Crippen LogP contribution in [0.4, 0.5) is 4.39 Å². The van der Waals surface area contributed by atoms with Crippen LogP contribution < -0.4 is 10.0 Å². The molecule has 136 valence electrons. The summed E-state index contributed by atoms with van der Waals surface area (Å²) in [5.74, 6) is -1.94. The molecule has 1 fully saturated rings. The van der Waals surface area contributed by atoms with Gasteiger partial charge in [-0.3, -0.25) is 9.59 Å². The molecule has 2 aromatic rings. The summed E-state index contributed by atoms with van der Waals surface area (Å²) in [6.45, 7) is -0.363. The number of rotatable bonds is 4. The van der Waals surface area contributed by atoms with Gasteiger partial charge in [0.05, 0.1) is 10.9 Å². The Morgan fingerprint density at radius 2 is 1.77 bits per heavy atom. The molecular weight excluding hydrogens is 363 g/mol. The van der Waals surface area contributed by atoms with Crippen molar-refractivity contribution in [1.82, 2.24) is 10.0 Å². The number of carbonyl (C=O) groups is 2. The van der Waals surface area contributed by atoms with Crippen LogP contribution in [0.15, 0.2) is 59.5 Å². The van der Waals surface area contributed by atoms with Gasteiger partial charge in [0.2, 0.25) is 5.91 Å². The lowest BCUT2D eigenvalue weighted by molar-refractivity contribution is -0.146. The highest BCUT2D eigenvalue weighted by molar-refractivity contribution is 7.90. The van der Waals surface area contributed by atoms with E-state index in [1.807, 2.05) is 4.72 Å². The topological polar surface area (TPSA) is 102 Å². The molecule has 2 atom stereocenters. The van der Waals surface area contributed by atoms with Crippen LogP contribution >= 0.6 is 0 Å². The van der Waals surface area contributed by atoms with E-state index in [1.54, 1.807) is 30.3 Å². The van der Waals surface area contributed by atoms with Gasteiger partial charge in [-0.25, -0.2) is 17.5 Å². The third kappa shape index (κ3) is 3.89. The maximum Gasteiger partial charge on any atom is 0.265 e. The normalized spacial score (nSPS) is 20.3. The van der Waals surface area contributed by atoms with Crippen molar-refractivity contribution in [1.29, 1.82) is 0 Å². The summed E-state index contributed by atoms with van der Waals surface area (Å²) in [5.41, 5.74) is 0.597. The number of nitrogens with one attached hydrogen (secondary N) is 2. The Balaban J connectivity index is 1.83. The summed E-state index contributed by atoms with van der Waals surface area (Å²) in [5, 5.41) is 2.63. The highest BCUT2D eigenvalue weighted by atomic mass is 32.2. The first-order valence-electron chi connectivity index (χ1n) is 7.65. The second-order valence-corrected chi connectivity index (χ2v) is 7.29. The van der Waals surface area contributed by atoms with Crippen LogP contribution in [0, 0.1) is 5.82 Å². The summed E-state index contributed by atoms with van der Waals surface area (Å²) in [4.78, 5) is 23.9. The van der Waals surface area contributed by atoms with Gasteiger partial charge in [-0.2, -0.15) is 0 Å². The molecule has 3 rings (SSSR count). The standard InChI is InChI=1S/C17H15FN2O5S/c18-12-6-8-13(9-7-12)26(23,24)20-17(22)16-15(19-14(21)10-25-16)11-4-2-1-3-5-11/h1-9,15-16H,10H2,(H,19,21)(H,20,22)/t15-,16-/m1/s1. The zero-order valence-electron chi connectivity index (χ0n) is 13.4. The lowest BCUT2D eigenvalue weighted by Gasteiger charge is -2.31. The molecule has 1 heterocycles. The van der Waals surface area contributed by atoms with Crippen molar-refractivity contribution in [2.45, 2.75) is 17.0 Å². The maximum atomic E-state index is 13.0. The minimum atomic E-state index is -4.20. The number of sulfonamides is 1. The van der Waals surface area contributed by atoms with E-state index in [9.17, 15) is 22.4 Å². The van der Waals surface area contributed by atoms with Crippen molar-refractivity contribution >= 4 is 21.8 Å². The molecule has 0 aromatic heterocycles. The molecule has 0 aliphatic carbocycles. The molecular formula is C17H15FN2O5S. The lowest BCUT2D eigenvalue weighted by atomic mass is 9.99. The van der Waals surface area contributed by atoms with Crippen LogP contribution in [0.1, 0.15) is 11.6 Å². The predicted octanol–water partition coefficient (Wildman–Crippen LogP) is 0.887. The minimum absolute atomic E-state index is 0.261. The van der Waals surface area contributed by atoms with E-state index in [1.165, 1.54) is 0 Å². The van der Waals surface area contributed by atoms with Gasteiger partial charge < -0.3 is 10.1 Å². The Morgan fingerprint density at radius 3 is 2.42 bits per heavy atom. The van der Waals surface area contributed by atoms with Gasteiger partial charge in [-0.1, -0.05) is 30.3 Å². The number of morpholine rings is 1. The van der Waals surface area contributed by atoms with Gasteiger partial charge in [0.1, 0.15) is 12.4 Å². The fourth-order valence-corrected chi connectivity index (χ4v) is 3.55. The van der Waals surface area contributed by atoms with Gasteiger partial charge in [0, 0.05) is 0 Å². The van der Waals surface area contributed by atoms with Gasteiger partial charge in [-0.15, -0.1) is 0 Å². The first kappa shape index (κ1) is 18.0. The zero-order chi connectivity index (χ0) is 18.7. The van der Waals surface area contributed by atoms with E-state index in [0.29, 0.717) is 5.56 Å². The highest BCUT2D eigenvalue weighted by Crippen LogP contribution is 2.23. The Kier molecular flexibility index (Phi) is 5.01. The average Bonchev–Trinajstić information content (AvgIpc) is 2.62. The largest absolute Gasteiger partial charge is 0.356 e. The zero-order valence-corrected chi connectivity index (χ0v) is 14.2. The Morgan fingerprint density at radius 1 is 1.12 bits per heavy atom. The van der Waals surface area contributed by atoms with Crippen molar-refractivity contribution in [3.63, 3.8) is 0 Å². The Bertz CT molecular complexity index is 916. The van der Waals surface area contributed by atoms with Crippen molar-refractivity contribution in [2.75, 3.05) is 6.61 Å². The Labute approximate surface area is 149 Å². The summed E-state index contributed by atoms with van der Waals surface area (Å²) in [7, 11) is -4.20. The van der Waals surface area contributed by atoms with Crippen molar-refractivity contribution in [2.24, 2.45) is 0 Å². The number of ether oxygens (including phenoxy) is 1. The molecule has 2 amide bonds. The number of benzene rings is 2. The molecule has 1 aliphatic heterocycles. The van der Waals surface area contributed by atoms with Crippen LogP contribution in [0.2, 0.25) is 0 Å². The fourth-order valence-electron chi connectivity index (χ4n) is 2.56. The number of amides is 2. The molecule has 0 radical (unpaired) electrons. The molecule has 9 heteroatoms. The Hall–Kier alpha value is -2.78. The molecule has 0 bridgehead atoms. The summed E-state index contributed by atoms with van der Waals surface area (Å²) in [6.07, 6.45) is -1.23. The number of hydrogen-bond acceptors (Lipinski definition) is 5. The second-order valence-electron chi connectivity index (χ2n) is 5.61. The summed E-state index contributed by atoms with van der Waals surface area (Å²) < 4.78 is 44.8. The highest BCUT2D eigenvalue weighted by Gasteiger charge is 2.37. The maximum absolute atomic E-state index is 13.0. The van der Waals surface area contributed by atoms with Crippen LogP contribution in [0.5, 0.6) is 0 Å². The van der Waals surface area contributed by atoms with E-state index in [-0.39, 0.29) is 11.5 Å². The van der Waals surface area contributed by atoms with Crippen molar-refractivity contribution in [3.8, 4) is 0 Å². The molecule has 0 unspecified atom stereocenters. The molecule has 7 nitrogen and oxygen atoms in total. The van der Waals surface area contributed by atoms with Crippen molar-refractivity contribution < 1.29 is 27.1 Å². The van der Waals surface area contributed by atoms with E-state index >= 15 is 0 Å². The fraction of sp³-hybridized carbons (Fsp3) is 0.176. The van der Waals surface area contributed by atoms with E-state index in [2.05, 4.69) is 5.32 Å². The van der Waals surface area contributed by atoms with E-state index in [0.717, 1.165) is 24.3 Å². The molecule has 2 aromatic carbocycles. The van der Waals surface area contributed by atoms with Crippen LogP contribution in [0.25, 0.3) is 0 Å². The number of hydrogen-bond donors (Lipinski definition) is 2. The SMILES string of the molecule is O=C1CO[C@@H](C(=O)NS(=O)(=O)c2ccc(F)cc2)[C@@H](c2ccccc2)N1. The van der Waals surface area contributed by atoms with E-state index < -0.39 is 39.8 Å². The average molecular weight is 378 g/mol. The van der Waals surface area contributed by atoms with Gasteiger partial charge >= 0.3 is 0 Å². The van der Waals surface area contributed by atoms with E-state index in [4.69, 9.17) is 4.74 Å². The van der Waals surface area contributed by atoms with Crippen molar-refractivity contribution in [3.05, 3.63) is 66.0 Å². The molecule has 26 heavy (non-hydrogen) atoms. The third-order valence-corrected chi connectivity index (χ3v) is 5.15. The minimum Gasteiger partial charge on any atom is -0.356 e. The number of halogens is 1. The van der Waals surface area contributed by atoms with Gasteiger partial charge in [-0.05, 0) is 29.8 Å². The molecule has 1 saturated heterocycles. The van der Waals surface area contributed by atoms with Gasteiger partial charge in [0.15, 0.2) is 6.10 Å². The van der Waals surface area contributed by atoms with Gasteiger partial charge in [0.25, 0.3) is 15.9 Å². The van der Waals surface area contributed by atoms with Crippen LogP contribution in [0.3, 0.4) is 0 Å². The summed E-state index contributed by atoms with van der Waals surface area (Å²) in [6, 6.07) is 11.8. The predicted molar refractivity (Wildman–Crippen MR) is 88.8 cm³/mol. The molecule has 2 N–H and O–H groups in total. The lowest BCUT2D eigenvalue weighted by Crippen LogP contribution is -2.53. The first-order valence-corrected chi connectivity index (χ1v) is 9.13. The molecule has 1 aliphatic rings. The van der Waals surface area contributed by atoms with Crippen LogP contribution in [-0.4, -0.2) is 32.9 Å². The smallest absolute Gasteiger partial charge is 0.265 e. The number of carbonyl (C=O) groups excluding carboxylic acids is 2. The molecule has 0 spiro atoms. The molecule has 0 saturated carbocycles. The summed E-state index contributed by atoms with van der Waals surface area (Å²) >= 11 is 0. The second kappa shape index (κ2) is 7.22. The quantitative estimate of drug-likeness (QED) is 0.823.